The van der Waals surface area contributed by atoms with Crippen LogP contribution in [-0.2, 0) is 11.0 Å². The summed E-state index contributed by atoms with van der Waals surface area (Å²) in [5.41, 5.74) is 0.505. The molecule has 0 fully saturated rings. The normalized spacial score (nSPS) is 11.2. The predicted octanol–water partition coefficient (Wildman–Crippen LogP) is 1.02. The summed E-state index contributed by atoms with van der Waals surface area (Å²) in [6.45, 7) is 3.51. The SMILES string of the molecule is C=CCc1[c]cccc1P(=O)(O)O. The number of hydrogen-bond acceptors (Lipinski definition) is 1. The molecule has 0 heterocycles. The fourth-order valence-electron chi connectivity index (χ4n) is 1.04. The van der Waals surface area contributed by atoms with Crippen molar-refractivity contribution in [2.45, 2.75) is 6.42 Å². The molecule has 1 aromatic carbocycles. The van der Waals surface area contributed by atoms with E-state index in [0.717, 1.165) is 0 Å². The van der Waals surface area contributed by atoms with E-state index >= 15 is 0 Å². The van der Waals surface area contributed by atoms with Gasteiger partial charge < -0.3 is 9.79 Å². The van der Waals surface area contributed by atoms with Crippen LogP contribution >= 0.6 is 7.60 Å². The summed E-state index contributed by atoms with van der Waals surface area (Å²) < 4.78 is 11.0. The van der Waals surface area contributed by atoms with Crippen molar-refractivity contribution in [3.63, 3.8) is 0 Å². The molecule has 0 saturated heterocycles. The molecule has 1 aromatic rings. The maximum Gasteiger partial charge on any atom is 0.356 e. The van der Waals surface area contributed by atoms with Crippen LogP contribution in [0.5, 0.6) is 0 Å². The van der Waals surface area contributed by atoms with Crippen molar-refractivity contribution in [1.82, 2.24) is 0 Å². The van der Waals surface area contributed by atoms with Gasteiger partial charge in [0.25, 0.3) is 0 Å². The molecule has 69 valence electrons. The molecule has 0 aliphatic heterocycles. The number of allylic oxidation sites excluding steroid dienone is 1. The highest BCUT2D eigenvalue weighted by Crippen LogP contribution is 2.34. The van der Waals surface area contributed by atoms with Gasteiger partial charge in [0.15, 0.2) is 0 Å². The molecule has 0 atom stereocenters. The Hall–Kier alpha value is -0.890. The standard InChI is InChI=1S/C9H10O3P/c1-2-5-8-6-3-4-7-9(8)13(10,11)12/h2-4,7H,1,5H2,(H2,10,11,12). The molecule has 13 heavy (non-hydrogen) atoms. The van der Waals surface area contributed by atoms with Crippen molar-refractivity contribution in [2.75, 3.05) is 0 Å². The molecule has 0 aliphatic rings. The minimum absolute atomic E-state index is 0.0369. The van der Waals surface area contributed by atoms with Crippen molar-refractivity contribution < 1.29 is 14.4 Å². The Morgan fingerprint density at radius 3 is 2.85 bits per heavy atom. The third kappa shape index (κ3) is 2.52. The van der Waals surface area contributed by atoms with Crippen LogP contribution < -0.4 is 5.30 Å². The Balaban J connectivity index is 3.19. The monoisotopic (exact) mass is 197 g/mol. The molecule has 0 saturated carbocycles. The molecular weight excluding hydrogens is 187 g/mol. The minimum atomic E-state index is -4.16. The van der Waals surface area contributed by atoms with Crippen LogP contribution in [0.25, 0.3) is 0 Å². The van der Waals surface area contributed by atoms with E-state index in [1.54, 1.807) is 18.2 Å². The van der Waals surface area contributed by atoms with Gasteiger partial charge in [-0.05, 0) is 24.1 Å². The van der Waals surface area contributed by atoms with Crippen LogP contribution in [0.15, 0.2) is 30.9 Å². The summed E-state index contributed by atoms with van der Waals surface area (Å²) in [5.74, 6) is 0. The Kier molecular flexibility index (Phi) is 3.04. The Morgan fingerprint density at radius 1 is 1.62 bits per heavy atom. The number of rotatable bonds is 3. The van der Waals surface area contributed by atoms with Crippen molar-refractivity contribution >= 4 is 12.9 Å². The van der Waals surface area contributed by atoms with Gasteiger partial charge in [0.2, 0.25) is 0 Å². The molecule has 0 amide bonds. The lowest BCUT2D eigenvalue weighted by Gasteiger charge is -2.07. The van der Waals surface area contributed by atoms with E-state index in [1.165, 1.54) is 6.07 Å². The number of hydrogen-bond donors (Lipinski definition) is 2. The Morgan fingerprint density at radius 2 is 2.31 bits per heavy atom. The first kappa shape index (κ1) is 10.2. The second-order valence-corrected chi connectivity index (χ2v) is 4.14. The molecule has 1 rings (SSSR count). The fourth-order valence-corrected chi connectivity index (χ4v) is 1.83. The highest BCUT2D eigenvalue weighted by molar-refractivity contribution is 7.60. The summed E-state index contributed by atoms with van der Waals surface area (Å²) in [6, 6.07) is 7.37. The lowest BCUT2D eigenvalue weighted by atomic mass is 10.1. The van der Waals surface area contributed by atoms with Crippen molar-refractivity contribution in [2.24, 2.45) is 0 Å². The quantitative estimate of drug-likeness (QED) is 0.561. The van der Waals surface area contributed by atoms with Crippen molar-refractivity contribution in [1.29, 1.82) is 0 Å². The van der Waals surface area contributed by atoms with Gasteiger partial charge in [0.1, 0.15) is 0 Å². The first-order chi connectivity index (χ1) is 6.05. The van der Waals surface area contributed by atoms with Gasteiger partial charge >= 0.3 is 7.60 Å². The lowest BCUT2D eigenvalue weighted by molar-refractivity contribution is 0.387. The van der Waals surface area contributed by atoms with Crippen LogP contribution in [0.1, 0.15) is 5.56 Å². The first-order valence-electron chi connectivity index (χ1n) is 3.72. The molecule has 0 spiro atoms. The van der Waals surface area contributed by atoms with Gasteiger partial charge in [0.05, 0.1) is 5.30 Å². The van der Waals surface area contributed by atoms with E-state index in [9.17, 15) is 4.57 Å². The molecule has 0 aromatic heterocycles. The summed E-state index contributed by atoms with van der Waals surface area (Å²) in [6.07, 6.45) is 2.01. The lowest BCUT2D eigenvalue weighted by Crippen LogP contribution is -2.09. The summed E-state index contributed by atoms with van der Waals surface area (Å²) >= 11 is 0. The van der Waals surface area contributed by atoms with E-state index in [-0.39, 0.29) is 5.30 Å². The van der Waals surface area contributed by atoms with Gasteiger partial charge in [-0.1, -0.05) is 18.2 Å². The minimum Gasteiger partial charge on any atom is -0.321 e. The zero-order valence-corrected chi connectivity index (χ0v) is 7.87. The third-order valence-electron chi connectivity index (χ3n) is 1.58. The smallest absolute Gasteiger partial charge is 0.321 e. The maximum absolute atomic E-state index is 11.0. The number of benzene rings is 1. The van der Waals surface area contributed by atoms with Gasteiger partial charge in [-0.25, -0.2) is 0 Å². The van der Waals surface area contributed by atoms with Gasteiger partial charge in [-0.2, -0.15) is 0 Å². The van der Waals surface area contributed by atoms with Gasteiger partial charge in [-0.15, -0.1) is 6.58 Å². The maximum atomic E-state index is 11.0. The van der Waals surface area contributed by atoms with Crippen LogP contribution in [0, 0.1) is 6.07 Å². The van der Waals surface area contributed by atoms with E-state index in [2.05, 4.69) is 12.6 Å². The van der Waals surface area contributed by atoms with E-state index in [4.69, 9.17) is 9.79 Å². The molecule has 3 nitrogen and oxygen atoms in total. The second-order valence-electron chi connectivity index (χ2n) is 2.57. The highest BCUT2D eigenvalue weighted by atomic mass is 31.2. The van der Waals surface area contributed by atoms with E-state index in [0.29, 0.717) is 12.0 Å². The molecule has 2 N–H and O–H groups in total. The summed E-state index contributed by atoms with van der Waals surface area (Å²) in [7, 11) is -4.16. The van der Waals surface area contributed by atoms with Gasteiger partial charge in [0, 0.05) is 0 Å². The first-order valence-corrected chi connectivity index (χ1v) is 5.33. The Bertz CT molecular complexity index is 354. The summed E-state index contributed by atoms with van der Waals surface area (Å²) in [4.78, 5) is 17.9. The zero-order valence-electron chi connectivity index (χ0n) is 6.97. The third-order valence-corrected chi connectivity index (χ3v) is 2.63. The molecular formula is C9H10O3P. The topological polar surface area (TPSA) is 57.5 Å². The molecule has 0 bridgehead atoms. The molecule has 4 heteroatoms. The van der Waals surface area contributed by atoms with Crippen LogP contribution in [0.3, 0.4) is 0 Å². The van der Waals surface area contributed by atoms with Crippen molar-refractivity contribution in [3.8, 4) is 0 Å². The average molecular weight is 197 g/mol. The second kappa shape index (κ2) is 3.88. The molecule has 0 unspecified atom stereocenters. The average Bonchev–Trinajstić information content (AvgIpc) is 2.04. The fraction of sp³-hybridized carbons (Fsp3) is 0.111. The predicted molar refractivity (Wildman–Crippen MR) is 50.9 cm³/mol. The summed E-state index contributed by atoms with van der Waals surface area (Å²) in [5, 5.41) is 0.0369. The Labute approximate surface area is 76.9 Å². The molecule has 0 aliphatic carbocycles. The van der Waals surface area contributed by atoms with Crippen molar-refractivity contribution in [3.05, 3.63) is 42.5 Å². The van der Waals surface area contributed by atoms with E-state index < -0.39 is 7.60 Å². The largest absolute Gasteiger partial charge is 0.356 e. The van der Waals surface area contributed by atoms with Crippen LogP contribution in [0.4, 0.5) is 0 Å². The van der Waals surface area contributed by atoms with Crippen LogP contribution in [-0.4, -0.2) is 9.79 Å². The van der Waals surface area contributed by atoms with Crippen LogP contribution in [0.2, 0.25) is 0 Å². The molecule has 1 radical (unpaired) electrons. The van der Waals surface area contributed by atoms with E-state index in [1.807, 2.05) is 0 Å². The van der Waals surface area contributed by atoms with Gasteiger partial charge in [-0.3, -0.25) is 4.57 Å². The zero-order chi connectivity index (χ0) is 9.90. The highest BCUT2D eigenvalue weighted by Gasteiger charge is 2.19.